The third-order valence-corrected chi connectivity index (χ3v) is 5.73. The van der Waals surface area contributed by atoms with Gasteiger partial charge in [0.25, 0.3) is 5.91 Å². The van der Waals surface area contributed by atoms with Gasteiger partial charge < -0.3 is 15.0 Å². The van der Waals surface area contributed by atoms with E-state index < -0.39 is 11.6 Å². The number of hydrogen-bond donors (Lipinski definition) is 1. The Morgan fingerprint density at radius 3 is 2.41 bits per heavy atom. The second-order valence-corrected chi connectivity index (χ2v) is 9.75. The number of carbonyl (C=O) groups is 2. The largest absolute Gasteiger partial charge is 0.483 e. The Bertz CT molecular complexity index is 970. The van der Waals surface area contributed by atoms with Crippen LogP contribution in [0.25, 0.3) is 0 Å². The molecule has 1 atom stereocenters. The van der Waals surface area contributed by atoms with Crippen LogP contribution >= 0.6 is 23.2 Å². The highest BCUT2D eigenvalue weighted by Crippen LogP contribution is 2.25. The first-order valence-corrected chi connectivity index (χ1v) is 11.4. The minimum atomic E-state index is -0.671. The zero-order valence-electron chi connectivity index (χ0n) is 19.6. The van der Waals surface area contributed by atoms with E-state index >= 15 is 0 Å². The molecule has 0 aliphatic heterocycles. The Kier molecular flexibility index (Phi) is 8.99. The minimum Gasteiger partial charge on any atom is -0.483 e. The summed E-state index contributed by atoms with van der Waals surface area (Å²) in [6.07, 6.45) is 0.447. The lowest BCUT2D eigenvalue weighted by molar-refractivity contribution is -0.143. The van der Waals surface area contributed by atoms with Gasteiger partial charge in [-0.3, -0.25) is 9.59 Å². The molecule has 174 valence electrons. The molecule has 0 aromatic heterocycles. The molecular weight excluding hydrogens is 447 g/mol. The molecule has 5 nitrogen and oxygen atoms in total. The minimum absolute atomic E-state index is 0.168. The molecular formula is C25H32Cl2N2O3. The zero-order chi connectivity index (χ0) is 24.1. The average Bonchev–Trinajstić information content (AvgIpc) is 2.69. The highest BCUT2D eigenvalue weighted by Gasteiger charge is 2.31. The van der Waals surface area contributed by atoms with Gasteiger partial charge in [0.2, 0.25) is 5.91 Å². The zero-order valence-corrected chi connectivity index (χ0v) is 21.1. The van der Waals surface area contributed by atoms with Gasteiger partial charge >= 0.3 is 0 Å². The molecule has 2 amide bonds. The molecule has 2 rings (SSSR count). The lowest BCUT2D eigenvalue weighted by Gasteiger charge is -2.33. The number of ether oxygens (including phenoxy) is 1. The number of halogens is 2. The van der Waals surface area contributed by atoms with E-state index in [0.29, 0.717) is 27.8 Å². The highest BCUT2D eigenvalue weighted by atomic mass is 35.5. The predicted octanol–water partition coefficient (Wildman–Crippen LogP) is 5.71. The van der Waals surface area contributed by atoms with Gasteiger partial charge in [-0.15, -0.1) is 0 Å². The van der Waals surface area contributed by atoms with Crippen molar-refractivity contribution in [3.05, 3.63) is 63.1 Å². The summed E-state index contributed by atoms with van der Waals surface area (Å²) in [5.74, 6) is 0.132. The first-order chi connectivity index (χ1) is 14.9. The summed E-state index contributed by atoms with van der Waals surface area (Å²) in [7, 11) is 0. The number of carbonyl (C=O) groups excluding carboxylic acids is 2. The SMILES string of the molecule is CC[C@@H](C(=O)NC(C)(C)C)N(Cc1ccc(Cl)cc1Cl)C(=O)COc1cccc(C)c1C. The van der Waals surface area contributed by atoms with Crippen LogP contribution in [0.4, 0.5) is 0 Å². The summed E-state index contributed by atoms with van der Waals surface area (Å²) >= 11 is 12.4. The van der Waals surface area contributed by atoms with Crippen molar-refractivity contribution in [1.29, 1.82) is 0 Å². The second kappa shape index (κ2) is 11.1. The third-order valence-electron chi connectivity index (χ3n) is 5.15. The fraction of sp³-hybridized carbons (Fsp3) is 0.440. The molecule has 7 heteroatoms. The van der Waals surface area contributed by atoms with Crippen molar-refractivity contribution >= 4 is 35.0 Å². The number of hydrogen-bond acceptors (Lipinski definition) is 3. The molecule has 0 aliphatic rings. The highest BCUT2D eigenvalue weighted by molar-refractivity contribution is 6.35. The maximum absolute atomic E-state index is 13.3. The van der Waals surface area contributed by atoms with Gasteiger partial charge in [-0.25, -0.2) is 0 Å². The van der Waals surface area contributed by atoms with Crippen LogP contribution in [-0.2, 0) is 16.1 Å². The Morgan fingerprint density at radius 1 is 1.12 bits per heavy atom. The van der Waals surface area contributed by atoms with Crippen LogP contribution in [0.3, 0.4) is 0 Å². The maximum Gasteiger partial charge on any atom is 0.261 e. The Balaban J connectivity index is 2.31. The van der Waals surface area contributed by atoms with Gasteiger partial charge in [0, 0.05) is 22.1 Å². The Labute approximate surface area is 201 Å². The van der Waals surface area contributed by atoms with E-state index in [1.165, 1.54) is 4.90 Å². The van der Waals surface area contributed by atoms with Gasteiger partial charge in [0.1, 0.15) is 11.8 Å². The Morgan fingerprint density at radius 2 is 1.81 bits per heavy atom. The molecule has 1 N–H and O–H groups in total. The van der Waals surface area contributed by atoms with Crippen molar-refractivity contribution in [3.8, 4) is 5.75 Å². The standard InChI is InChI=1S/C25H32Cl2N2O3/c1-7-21(24(31)28-25(4,5)6)29(14-18-11-12-19(26)13-20(18)27)23(30)15-32-22-10-8-9-16(2)17(22)3/h8-13,21H,7,14-15H2,1-6H3,(H,28,31)/t21-/m0/s1. The smallest absolute Gasteiger partial charge is 0.261 e. The number of amides is 2. The first-order valence-electron chi connectivity index (χ1n) is 10.7. The van der Waals surface area contributed by atoms with E-state index in [9.17, 15) is 9.59 Å². The summed E-state index contributed by atoms with van der Waals surface area (Å²) in [6.45, 7) is 11.5. The van der Waals surface area contributed by atoms with Crippen molar-refractivity contribution in [1.82, 2.24) is 10.2 Å². The van der Waals surface area contributed by atoms with Gasteiger partial charge in [-0.05, 0) is 75.9 Å². The van der Waals surface area contributed by atoms with E-state index in [2.05, 4.69) is 5.32 Å². The molecule has 0 radical (unpaired) electrons. The molecule has 0 saturated carbocycles. The fourth-order valence-corrected chi connectivity index (χ4v) is 3.78. The summed E-state index contributed by atoms with van der Waals surface area (Å²) < 4.78 is 5.85. The van der Waals surface area contributed by atoms with Gasteiger partial charge in [0.15, 0.2) is 6.61 Å². The van der Waals surface area contributed by atoms with Crippen LogP contribution in [0, 0.1) is 13.8 Å². The topological polar surface area (TPSA) is 58.6 Å². The third kappa shape index (κ3) is 7.14. The van der Waals surface area contributed by atoms with Crippen LogP contribution in [0.2, 0.25) is 10.0 Å². The maximum atomic E-state index is 13.3. The van der Waals surface area contributed by atoms with E-state index in [4.69, 9.17) is 27.9 Å². The van der Waals surface area contributed by atoms with E-state index in [1.807, 2.05) is 59.7 Å². The summed E-state index contributed by atoms with van der Waals surface area (Å²) in [6, 6.07) is 10.2. The molecule has 0 saturated heterocycles. The number of nitrogens with one attached hydrogen (secondary N) is 1. The lowest BCUT2D eigenvalue weighted by atomic mass is 10.1. The van der Waals surface area contributed by atoms with E-state index in [0.717, 1.165) is 11.1 Å². The van der Waals surface area contributed by atoms with Crippen LogP contribution in [0.5, 0.6) is 5.75 Å². The molecule has 0 spiro atoms. The summed E-state index contributed by atoms with van der Waals surface area (Å²) in [5.41, 5.74) is 2.34. The molecule has 0 aliphatic carbocycles. The quantitative estimate of drug-likeness (QED) is 0.528. The number of rotatable bonds is 8. The molecule has 2 aromatic rings. The lowest BCUT2D eigenvalue weighted by Crippen LogP contribution is -2.54. The number of aryl methyl sites for hydroxylation is 1. The number of nitrogens with zero attached hydrogens (tertiary/aromatic N) is 1. The molecule has 0 bridgehead atoms. The second-order valence-electron chi connectivity index (χ2n) is 8.91. The van der Waals surface area contributed by atoms with E-state index in [1.54, 1.807) is 18.2 Å². The van der Waals surface area contributed by atoms with Crippen LogP contribution in [-0.4, -0.2) is 34.9 Å². The molecule has 0 heterocycles. The number of benzene rings is 2. The molecule has 0 fully saturated rings. The van der Waals surface area contributed by atoms with Crippen molar-refractivity contribution < 1.29 is 14.3 Å². The van der Waals surface area contributed by atoms with Gasteiger partial charge in [0.05, 0.1) is 0 Å². The van der Waals surface area contributed by atoms with Crippen molar-refractivity contribution in [3.63, 3.8) is 0 Å². The van der Waals surface area contributed by atoms with Crippen LogP contribution < -0.4 is 10.1 Å². The first kappa shape index (κ1) is 26.0. The summed E-state index contributed by atoms with van der Waals surface area (Å²) in [4.78, 5) is 27.9. The monoisotopic (exact) mass is 478 g/mol. The van der Waals surface area contributed by atoms with Crippen LogP contribution in [0.1, 0.15) is 50.8 Å². The predicted molar refractivity (Wildman–Crippen MR) is 130 cm³/mol. The molecule has 2 aromatic carbocycles. The fourth-order valence-electron chi connectivity index (χ4n) is 3.31. The summed E-state index contributed by atoms with van der Waals surface area (Å²) in [5, 5.41) is 3.93. The van der Waals surface area contributed by atoms with Gasteiger partial charge in [-0.2, -0.15) is 0 Å². The van der Waals surface area contributed by atoms with Crippen molar-refractivity contribution in [2.45, 2.75) is 66.1 Å². The normalized spacial score (nSPS) is 12.2. The van der Waals surface area contributed by atoms with Gasteiger partial charge in [-0.1, -0.05) is 48.3 Å². The Hall–Kier alpha value is -2.24. The van der Waals surface area contributed by atoms with E-state index in [-0.39, 0.29) is 25.0 Å². The van der Waals surface area contributed by atoms with Crippen molar-refractivity contribution in [2.24, 2.45) is 0 Å². The average molecular weight is 479 g/mol. The molecule has 0 unspecified atom stereocenters. The van der Waals surface area contributed by atoms with Crippen molar-refractivity contribution in [2.75, 3.05) is 6.61 Å². The molecule has 32 heavy (non-hydrogen) atoms. The van der Waals surface area contributed by atoms with Crippen LogP contribution in [0.15, 0.2) is 36.4 Å².